The summed E-state index contributed by atoms with van der Waals surface area (Å²) in [6, 6.07) is 9.20. The Morgan fingerprint density at radius 1 is 1.12 bits per heavy atom. The molecule has 0 aliphatic heterocycles. The molecular formula is C14H18O3. The van der Waals surface area contributed by atoms with Crippen LogP contribution in [-0.4, -0.2) is 17.2 Å². The Kier molecular flexibility index (Phi) is 4.44. The van der Waals surface area contributed by atoms with E-state index < -0.39 is 5.60 Å². The number of rotatable bonds is 6. The first-order chi connectivity index (χ1) is 7.92. The van der Waals surface area contributed by atoms with Gasteiger partial charge in [0.15, 0.2) is 11.4 Å². The molecule has 92 valence electrons. The van der Waals surface area contributed by atoms with Crippen LogP contribution in [-0.2, 0) is 9.59 Å². The lowest BCUT2D eigenvalue weighted by Gasteiger charge is -2.24. The Labute approximate surface area is 102 Å². The molecule has 0 aliphatic rings. The van der Waals surface area contributed by atoms with Gasteiger partial charge in [0, 0.05) is 12.8 Å². The quantitative estimate of drug-likeness (QED) is 0.760. The second-order valence-electron chi connectivity index (χ2n) is 4.55. The SMILES string of the molecule is CC(=O)CCC(=O)C(C)(C)Oc1ccccc1. The Morgan fingerprint density at radius 3 is 2.24 bits per heavy atom. The zero-order valence-electron chi connectivity index (χ0n) is 10.5. The molecule has 0 saturated heterocycles. The predicted octanol–water partition coefficient (Wildman–Crippen LogP) is 2.78. The summed E-state index contributed by atoms with van der Waals surface area (Å²) in [4.78, 5) is 22.7. The third-order valence-electron chi connectivity index (χ3n) is 2.49. The molecule has 1 rings (SSSR count). The van der Waals surface area contributed by atoms with Crippen molar-refractivity contribution in [3.05, 3.63) is 30.3 Å². The van der Waals surface area contributed by atoms with Gasteiger partial charge in [-0.25, -0.2) is 0 Å². The number of para-hydroxylation sites is 1. The molecule has 0 heterocycles. The van der Waals surface area contributed by atoms with Crippen molar-refractivity contribution in [2.24, 2.45) is 0 Å². The van der Waals surface area contributed by atoms with Crippen LogP contribution in [0.5, 0.6) is 5.75 Å². The molecule has 3 nitrogen and oxygen atoms in total. The molecule has 0 saturated carbocycles. The van der Waals surface area contributed by atoms with E-state index in [2.05, 4.69) is 0 Å². The highest BCUT2D eigenvalue weighted by Crippen LogP contribution is 2.20. The summed E-state index contributed by atoms with van der Waals surface area (Å²) in [7, 11) is 0. The van der Waals surface area contributed by atoms with Gasteiger partial charge in [-0.1, -0.05) is 18.2 Å². The Hall–Kier alpha value is -1.64. The summed E-state index contributed by atoms with van der Waals surface area (Å²) < 4.78 is 5.64. The van der Waals surface area contributed by atoms with E-state index >= 15 is 0 Å². The van der Waals surface area contributed by atoms with Crippen LogP contribution in [0.25, 0.3) is 0 Å². The van der Waals surface area contributed by atoms with Crippen LogP contribution in [0.4, 0.5) is 0 Å². The molecule has 0 aromatic heterocycles. The van der Waals surface area contributed by atoms with Gasteiger partial charge in [0.2, 0.25) is 0 Å². The molecule has 0 unspecified atom stereocenters. The minimum Gasteiger partial charge on any atom is -0.480 e. The van der Waals surface area contributed by atoms with E-state index in [9.17, 15) is 9.59 Å². The zero-order valence-corrected chi connectivity index (χ0v) is 10.5. The third-order valence-corrected chi connectivity index (χ3v) is 2.49. The lowest BCUT2D eigenvalue weighted by molar-refractivity contribution is -0.133. The monoisotopic (exact) mass is 234 g/mol. The third kappa shape index (κ3) is 4.39. The van der Waals surface area contributed by atoms with Crippen molar-refractivity contribution in [1.82, 2.24) is 0 Å². The van der Waals surface area contributed by atoms with Crippen LogP contribution < -0.4 is 4.74 Å². The topological polar surface area (TPSA) is 43.4 Å². The first-order valence-corrected chi connectivity index (χ1v) is 5.68. The standard InChI is InChI=1S/C14H18O3/c1-11(15)9-10-13(16)14(2,3)17-12-7-5-4-6-8-12/h4-8H,9-10H2,1-3H3. The van der Waals surface area contributed by atoms with E-state index in [1.807, 2.05) is 18.2 Å². The van der Waals surface area contributed by atoms with Crippen molar-refractivity contribution in [1.29, 1.82) is 0 Å². The largest absolute Gasteiger partial charge is 0.480 e. The van der Waals surface area contributed by atoms with Gasteiger partial charge in [-0.05, 0) is 32.9 Å². The minimum absolute atomic E-state index is 0.0221. The summed E-state index contributed by atoms with van der Waals surface area (Å²) in [5.41, 5.74) is -0.892. The smallest absolute Gasteiger partial charge is 0.176 e. The van der Waals surface area contributed by atoms with E-state index in [0.717, 1.165) is 0 Å². The van der Waals surface area contributed by atoms with E-state index in [0.29, 0.717) is 5.75 Å². The zero-order chi connectivity index (χ0) is 12.9. The number of benzene rings is 1. The second-order valence-corrected chi connectivity index (χ2v) is 4.55. The number of carbonyl (C=O) groups excluding carboxylic acids is 2. The van der Waals surface area contributed by atoms with Crippen molar-refractivity contribution >= 4 is 11.6 Å². The highest BCUT2D eigenvalue weighted by Gasteiger charge is 2.29. The van der Waals surface area contributed by atoms with E-state index in [4.69, 9.17) is 4.74 Å². The fraction of sp³-hybridized carbons (Fsp3) is 0.429. The fourth-order valence-corrected chi connectivity index (χ4v) is 1.43. The van der Waals surface area contributed by atoms with Crippen molar-refractivity contribution in [2.45, 2.75) is 39.2 Å². The van der Waals surface area contributed by atoms with Crippen molar-refractivity contribution < 1.29 is 14.3 Å². The number of hydrogen-bond acceptors (Lipinski definition) is 3. The highest BCUT2D eigenvalue weighted by molar-refractivity contribution is 5.90. The first kappa shape index (κ1) is 13.4. The van der Waals surface area contributed by atoms with Gasteiger partial charge in [0.1, 0.15) is 11.5 Å². The van der Waals surface area contributed by atoms with E-state index in [1.165, 1.54) is 6.92 Å². The van der Waals surface area contributed by atoms with Crippen LogP contribution in [0.15, 0.2) is 30.3 Å². The normalized spacial score (nSPS) is 11.0. The summed E-state index contributed by atoms with van der Waals surface area (Å²) in [5.74, 6) is 0.624. The van der Waals surface area contributed by atoms with Gasteiger partial charge in [0.25, 0.3) is 0 Å². The molecule has 0 fully saturated rings. The predicted molar refractivity (Wildman–Crippen MR) is 66.1 cm³/mol. The molecule has 0 radical (unpaired) electrons. The summed E-state index contributed by atoms with van der Waals surface area (Å²) in [6.07, 6.45) is 0.510. The average Bonchev–Trinajstić information content (AvgIpc) is 2.26. The highest BCUT2D eigenvalue weighted by atomic mass is 16.5. The Morgan fingerprint density at radius 2 is 1.71 bits per heavy atom. The molecule has 3 heteroatoms. The van der Waals surface area contributed by atoms with Gasteiger partial charge in [-0.15, -0.1) is 0 Å². The van der Waals surface area contributed by atoms with Gasteiger partial charge < -0.3 is 9.53 Å². The number of ether oxygens (including phenoxy) is 1. The number of carbonyl (C=O) groups is 2. The molecule has 0 spiro atoms. The van der Waals surface area contributed by atoms with Gasteiger partial charge in [-0.3, -0.25) is 4.79 Å². The van der Waals surface area contributed by atoms with Gasteiger partial charge >= 0.3 is 0 Å². The van der Waals surface area contributed by atoms with Crippen molar-refractivity contribution in [3.8, 4) is 5.75 Å². The molecule has 0 bridgehead atoms. The average molecular weight is 234 g/mol. The molecule has 1 aromatic rings. The lowest BCUT2D eigenvalue weighted by Crippen LogP contribution is -2.38. The van der Waals surface area contributed by atoms with Gasteiger partial charge in [0.05, 0.1) is 0 Å². The number of ketones is 2. The van der Waals surface area contributed by atoms with Crippen LogP contribution in [0.1, 0.15) is 33.6 Å². The molecular weight excluding hydrogens is 216 g/mol. The van der Waals surface area contributed by atoms with Gasteiger partial charge in [-0.2, -0.15) is 0 Å². The summed E-state index contributed by atoms with van der Waals surface area (Å²) in [5, 5.41) is 0. The maximum atomic E-state index is 11.9. The Balaban J connectivity index is 2.61. The molecule has 0 atom stereocenters. The lowest BCUT2D eigenvalue weighted by atomic mass is 9.98. The van der Waals surface area contributed by atoms with Crippen LogP contribution in [0.3, 0.4) is 0 Å². The molecule has 0 aliphatic carbocycles. The molecule has 0 N–H and O–H groups in total. The van der Waals surface area contributed by atoms with Crippen LogP contribution >= 0.6 is 0 Å². The maximum Gasteiger partial charge on any atom is 0.176 e. The molecule has 1 aromatic carbocycles. The number of Topliss-reactive ketones (excluding diaryl/α,β-unsaturated/α-hetero) is 2. The minimum atomic E-state index is -0.892. The van der Waals surface area contributed by atoms with Crippen molar-refractivity contribution in [3.63, 3.8) is 0 Å². The number of hydrogen-bond donors (Lipinski definition) is 0. The fourth-order valence-electron chi connectivity index (χ4n) is 1.43. The van der Waals surface area contributed by atoms with Crippen LogP contribution in [0.2, 0.25) is 0 Å². The van der Waals surface area contributed by atoms with Crippen molar-refractivity contribution in [2.75, 3.05) is 0 Å². The summed E-state index contributed by atoms with van der Waals surface area (Å²) in [6.45, 7) is 4.93. The second kappa shape index (κ2) is 5.62. The Bertz CT molecular complexity index is 393. The molecule has 17 heavy (non-hydrogen) atoms. The van der Waals surface area contributed by atoms with E-state index in [-0.39, 0.29) is 24.4 Å². The summed E-state index contributed by atoms with van der Waals surface area (Å²) >= 11 is 0. The molecule has 0 amide bonds. The van der Waals surface area contributed by atoms with Crippen LogP contribution in [0, 0.1) is 0 Å². The van der Waals surface area contributed by atoms with E-state index in [1.54, 1.807) is 26.0 Å². The maximum absolute atomic E-state index is 11.9. The first-order valence-electron chi connectivity index (χ1n) is 5.68.